The van der Waals surface area contributed by atoms with E-state index in [0.29, 0.717) is 23.2 Å². The van der Waals surface area contributed by atoms with E-state index < -0.39 is 0 Å². The van der Waals surface area contributed by atoms with Crippen LogP contribution in [0, 0.1) is 5.92 Å². The van der Waals surface area contributed by atoms with Crippen molar-refractivity contribution in [3.05, 3.63) is 17.7 Å². The first-order chi connectivity index (χ1) is 9.71. The van der Waals surface area contributed by atoms with E-state index in [1.165, 1.54) is 0 Å². The van der Waals surface area contributed by atoms with Gasteiger partial charge >= 0.3 is 0 Å². The Bertz CT molecular complexity index is 418. The summed E-state index contributed by atoms with van der Waals surface area (Å²) in [7, 11) is 4.88. The Morgan fingerprint density at radius 3 is 2.05 bits per heavy atom. The summed E-state index contributed by atoms with van der Waals surface area (Å²) < 4.78 is 21.6. The highest BCUT2D eigenvalue weighted by Gasteiger charge is 2.28. The predicted octanol–water partition coefficient (Wildman–Crippen LogP) is 2.14. The van der Waals surface area contributed by atoms with Gasteiger partial charge in [0, 0.05) is 31.4 Å². The third kappa shape index (κ3) is 2.99. The first kappa shape index (κ1) is 14.9. The quantitative estimate of drug-likeness (QED) is 0.896. The average Bonchev–Trinajstić information content (AvgIpc) is 2.53. The number of methoxy groups -OCH3 is 3. The van der Waals surface area contributed by atoms with E-state index in [4.69, 9.17) is 24.7 Å². The van der Waals surface area contributed by atoms with E-state index >= 15 is 0 Å². The van der Waals surface area contributed by atoms with E-state index in [1.807, 2.05) is 12.1 Å². The molecule has 20 heavy (non-hydrogen) atoms. The molecule has 1 atom stereocenters. The van der Waals surface area contributed by atoms with Gasteiger partial charge in [-0.25, -0.2) is 0 Å². The van der Waals surface area contributed by atoms with Crippen molar-refractivity contribution in [3.63, 3.8) is 0 Å². The molecule has 5 nitrogen and oxygen atoms in total. The average molecular weight is 281 g/mol. The van der Waals surface area contributed by atoms with Crippen molar-refractivity contribution in [1.82, 2.24) is 0 Å². The maximum Gasteiger partial charge on any atom is 0.131 e. The fourth-order valence-corrected chi connectivity index (χ4v) is 2.67. The topological polar surface area (TPSA) is 62.9 Å². The first-order valence-corrected chi connectivity index (χ1v) is 6.84. The van der Waals surface area contributed by atoms with Crippen molar-refractivity contribution in [2.75, 3.05) is 34.5 Å². The summed E-state index contributed by atoms with van der Waals surface area (Å²) in [5, 5.41) is 0. The molecule has 0 radical (unpaired) electrons. The molecule has 0 bridgehead atoms. The highest BCUT2D eigenvalue weighted by atomic mass is 16.5. The maximum absolute atomic E-state index is 6.46. The van der Waals surface area contributed by atoms with Gasteiger partial charge in [0.05, 0.1) is 26.9 Å². The van der Waals surface area contributed by atoms with Crippen molar-refractivity contribution in [3.8, 4) is 17.2 Å². The molecule has 1 heterocycles. The van der Waals surface area contributed by atoms with E-state index in [2.05, 4.69) is 0 Å². The van der Waals surface area contributed by atoms with Crippen LogP contribution < -0.4 is 19.9 Å². The second kappa shape index (κ2) is 6.81. The number of hydrogen-bond donors (Lipinski definition) is 1. The van der Waals surface area contributed by atoms with Crippen LogP contribution in [0.4, 0.5) is 0 Å². The molecule has 5 heteroatoms. The van der Waals surface area contributed by atoms with Crippen LogP contribution in [0.5, 0.6) is 17.2 Å². The molecule has 112 valence electrons. The molecular weight excluding hydrogens is 258 g/mol. The number of nitrogens with two attached hydrogens (primary N) is 1. The fraction of sp³-hybridized carbons (Fsp3) is 0.600. The van der Waals surface area contributed by atoms with Crippen LogP contribution in [0.15, 0.2) is 12.1 Å². The van der Waals surface area contributed by atoms with Gasteiger partial charge in [0.25, 0.3) is 0 Å². The summed E-state index contributed by atoms with van der Waals surface area (Å²) in [5.41, 5.74) is 7.36. The molecule has 2 rings (SSSR count). The van der Waals surface area contributed by atoms with Crippen molar-refractivity contribution < 1.29 is 18.9 Å². The summed E-state index contributed by atoms with van der Waals surface area (Å²) in [5.74, 6) is 2.49. The lowest BCUT2D eigenvalue weighted by molar-refractivity contribution is 0.0578. The van der Waals surface area contributed by atoms with Crippen LogP contribution in [0.2, 0.25) is 0 Å². The van der Waals surface area contributed by atoms with Crippen LogP contribution in [-0.2, 0) is 4.74 Å². The van der Waals surface area contributed by atoms with Crippen LogP contribution in [0.3, 0.4) is 0 Å². The van der Waals surface area contributed by atoms with Crippen LogP contribution in [0.1, 0.15) is 24.4 Å². The van der Waals surface area contributed by atoms with Crippen molar-refractivity contribution in [2.45, 2.75) is 18.9 Å². The van der Waals surface area contributed by atoms with E-state index in [9.17, 15) is 0 Å². The molecule has 2 N–H and O–H groups in total. The molecule has 0 amide bonds. The highest BCUT2D eigenvalue weighted by Crippen LogP contribution is 2.41. The molecule has 0 unspecified atom stereocenters. The van der Waals surface area contributed by atoms with Crippen LogP contribution >= 0.6 is 0 Å². The molecule has 0 aromatic heterocycles. The summed E-state index contributed by atoms with van der Waals surface area (Å²) >= 11 is 0. The molecule has 1 aliphatic heterocycles. The Balaban J connectivity index is 2.36. The second-order valence-corrected chi connectivity index (χ2v) is 4.92. The van der Waals surface area contributed by atoms with Crippen molar-refractivity contribution >= 4 is 0 Å². The van der Waals surface area contributed by atoms with Crippen LogP contribution in [0.25, 0.3) is 0 Å². The van der Waals surface area contributed by atoms with Gasteiger partial charge < -0.3 is 24.7 Å². The molecule has 0 aliphatic carbocycles. The Labute approximate surface area is 120 Å². The summed E-state index contributed by atoms with van der Waals surface area (Å²) in [4.78, 5) is 0. The monoisotopic (exact) mass is 281 g/mol. The van der Waals surface area contributed by atoms with Crippen molar-refractivity contribution in [2.24, 2.45) is 11.7 Å². The lowest BCUT2D eigenvalue weighted by Gasteiger charge is -2.29. The molecule has 1 fully saturated rings. The molecule has 1 aromatic carbocycles. The predicted molar refractivity (Wildman–Crippen MR) is 76.6 cm³/mol. The molecule has 0 saturated carbocycles. The number of hydrogen-bond acceptors (Lipinski definition) is 5. The summed E-state index contributed by atoms with van der Waals surface area (Å²) in [6, 6.07) is 3.56. The van der Waals surface area contributed by atoms with Gasteiger partial charge in [0.1, 0.15) is 17.2 Å². The lowest BCUT2D eigenvalue weighted by atomic mass is 9.87. The number of benzene rings is 1. The SMILES string of the molecule is COc1cc(OC)c([C@@H](N)C2CCOCC2)c(OC)c1. The molecule has 1 aliphatic rings. The van der Waals surface area contributed by atoms with Gasteiger partial charge in [-0.3, -0.25) is 0 Å². The second-order valence-electron chi connectivity index (χ2n) is 4.92. The highest BCUT2D eigenvalue weighted by molar-refractivity contribution is 5.52. The molecule has 0 spiro atoms. The molecule has 1 aromatic rings. The van der Waals surface area contributed by atoms with Gasteiger partial charge in [0.2, 0.25) is 0 Å². The summed E-state index contributed by atoms with van der Waals surface area (Å²) in [6.07, 6.45) is 1.92. The summed E-state index contributed by atoms with van der Waals surface area (Å²) in [6.45, 7) is 1.53. The largest absolute Gasteiger partial charge is 0.496 e. The third-order valence-electron chi connectivity index (χ3n) is 3.86. The standard InChI is InChI=1S/C15H23NO4/c1-17-11-8-12(18-2)14(13(9-11)19-3)15(16)10-4-6-20-7-5-10/h8-10,15H,4-7,16H2,1-3H3/t15-/m0/s1. The minimum Gasteiger partial charge on any atom is -0.496 e. The zero-order valence-electron chi connectivity index (χ0n) is 12.3. The Hall–Kier alpha value is -1.46. The molecular formula is C15H23NO4. The zero-order valence-corrected chi connectivity index (χ0v) is 12.3. The van der Waals surface area contributed by atoms with Crippen molar-refractivity contribution in [1.29, 1.82) is 0 Å². The maximum atomic E-state index is 6.46. The van der Waals surface area contributed by atoms with E-state index in [-0.39, 0.29) is 6.04 Å². The van der Waals surface area contributed by atoms with E-state index in [0.717, 1.165) is 31.6 Å². The minimum atomic E-state index is -0.130. The third-order valence-corrected chi connectivity index (χ3v) is 3.86. The van der Waals surface area contributed by atoms with Gasteiger partial charge in [-0.2, -0.15) is 0 Å². The first-order valence-electron chi connectivity index (χ1n) is 6.84. The van der Waals surface area contributed by atoms with E-state index in [1.54, 1.807) is 21.3 Å². The fourth-order valence-electron chi connectivity index (χ4n) is 2.67. The number of ether oxygens (including phenoxy) is 4. The Kier molecular flexibility index (Phi) is 5.09. The Morgan fingerprint density at radius 2 is 1.60 bits per heavy atom. The lowest BCUT2D eigenvalue weighted by Crippen LogP contribution is -2.28. The Morgan fingerprint density at radius 1 is 1.05 bits per heavy atom. The smallest absolute Gasteiger partial charge is 0.131 e. The number of rotatable bonds is 5. The van der Waals surface area contributed by atoms with Gasteiger partial charge in [-0.1, -0.05) is 0 Å². The van der Waals surface area contributed by atoms with Crippen LogP contribution in [-0.4, -0.2) is 34.5 Å². The normalized spacial score (nSPS) is 17.6. The zero-order chi connectivity index (χ0) is 14.5. The van der Waals surface area contributed by atoms with Gasteiger partial charge in [0.15, 0.2) is 0 Å². The minimum absolute atomic E-state index is 0.130. The van der Waals surface area contributed by atoms with Gasteiger partial charge in [-0.15, -0.1) is 0 Å². The van der Waals surface area contributed by atoms with Gasteiger partial charge in [-0.05, 0) is 18.8 Å². The molecule has 1 saturated heterocycles.